The lowest BCUT2D eigenvalue weighted by Crippen LogP contribution is -2.36. The summed E-state index contributed by atoms with van der Waals surface area (Å²) in [5.74, 6) is -0.534. The van der Waals surface area contributed by atoms with Crippen molar-refractivity contribution in [3.8, 4) is 0 Å². The fourth-order valence-electron chi connectivity index (χ4n) is 1.68. The Balaban J connectivity index is 4.03. The molecule has 0 fully saturated rings. The summed E-state index contributed by atoms with van der Waals surface area (Å²) in [5, 5.41) is 3.14. The first-order chi connectivity index (χ1) is 8.46. The summed E-state index contributed by atoms with van der Waals surface area (Å²) in [6, 6.07) is 0. The lowest BCUT2D eigenvalue weighted by Gasteiger charge is -2.18. The minimum absolute atomic E-state index is 0.103. The molecule has 0 atom stereocenters. The first kappa shape index (κ1) is 17.4. The van der Waals surface area contributed by atoms with Gasteiger partial charge in [0.25, 0.3) is 0 Å². The van der Waals surface area contributed by atoms with E-state index in [-0.39, 0.29) is 17.4 Å². The number of carbonyl (C=O) groups excluding carboxylic acids is 1. The summed E-state index contributed by atoms with van der Waals surface area (Å²) in [7, 11) is -3.25. The third-order valence-electron chi connectivity index (χ3n) is 2.77. The second-order valence-corrected chi connectivity index (χ2v) is 6.40. The van der Waals surface area contributed by atoms with Gasteiger partial charge < -0.3 is 10.2 Å². The van der Waals surface area contributed by atoms with Gasteiger partial charge in [-0.1, -0.05) is 6.92 Å². The minimum atomic E-state index is -3.25. The van der Waals surface area contributed by atoms with Crippen molar-refractivity contribution in [1.82, 2.24) is 10.2 Å². The standard InChI is InChI=1S/C12H26N2O3S/c1-4-13-9-7-8-10-18(16,17)11-12(15)14(5-2)6-3/h13H,4-11H2,1-3H3. The van der Waals surface area contributed by atoms with Crippen molar-refractivity contribution in [3.05, 3.63) is 0 Å². The topological polar surface area (TPSA) is 66.5 Å². The molecule has 0 aromatic rings. The zero-order valence-electron chi connectivity index (χ0n) is 11.7. The highest BCUT2D eigenvalue weighted by Crippen LogP contribution is 2.00. The molecule has 6 heteroatoms. The van der Waals surface area contributed by atoms with E-state index in [4.69, 9.17) is 0 Å². The van der Waals surface area contributed by atoms with Gasteiger partial charge in [-0.25, -0.2) is 8.42 Å². The fourth-order valence-corrected chi connectivity index (χ4v) is 3.02. The van der Waals surface area contributed by atoms with Gasteiger partial charge in [-0.2, -0.15) is 0 Å². The number of unbranched alkanes of at least 4 members (excludes halogenated alkanes) is 1. The molecule has 0 aliphatic rings. The van der Waals surface area contributed by atoms with Crippen LogP contribution in [0.25, 0.3) is 0 Å². The fraction of sp³-hybridized carbons (Fsp3) is 0.917. The van der Waals surface area contributed by atoms with Gasteiger partial charge in [0.05, 0.1) is 5.75 Å². The molecule has 108 valence electrons. The number of hydrogen-bond acceptors (Lipinski definition) is 4. The van der Waals surface area contributed by atoms with Crippen LogP contribution in [0.15, 0.2) is 0 Å². The molecule has 1 N–H and O–H groups in total. The first-order valence-electron chi connectivity index (χ1n) is 6.65. The number of hydrogen-bond donors (Lipinski definition) is 1. The summed E-state index contributed by atoms with van der Waals surface area (Å²) in [5.41, 5.74) is 0. The Morgan fingerprint density at radius 2 is 1.72 bits per heavy atom. The molecule has 0 aliphatic carbocycles. The van der Waals surface area contributed by atoms with Gasteiger partial charge in [0.15, 0.2) is 9.84 Å². The van der Waals surface area contributed by atoms with Crippen LogP contribution >= 0.6 is 0 Å². The number of nitrogens with zero attached hydrogens (tertiary/aromatic N) is 1. The lowest BCUT2D eigenvalue weighted by molar-refractivity contribution is -0.128. The average molecular weight is 278 g/mol. The van der Waals surface area contributed by atoms with Crippen molar-refractivity contribution < 1.29 is 13.2 Å². The highest BCUT2D eigenvalue weighted by Gasteiger charge is 2.19. The SMILES string of the molecule is CCNCCCCS(=O)(=O)CC(=O)N(CC)CC. The Morgan fingerprint density at radius 1 is 1.11 bits per heavy atom. The Bertz CT molecular complexity index is 324. The normalized spacial score (nSPS) is 11.5. The van der Waals surface area contributed by atoms with Crippen LogP contribution in [0.1, 0.15) is 33.6 Å². The van der Waals surface area contributed by atoms with Gasteiger partial charge >= 0.3 is 0 Å². The van der Waals surface area contributed by atoms with Crippen LogP contribution < -0.4 is 5.32 Å². The maximum Gasteiger partial charge on any atom is 0.237 e. The van der Waals surface area contributed by atoms with E-state index in [1.54, 1.807) is 4.90 Å². The predicted octanol–water partition coefficient (Wildman–Crippen LogP) is 0.659. The summed E-state index contributed by atoms with van der Waals surface area (Å²) < 4.78 is 23.5. The van der Waals surface area contributed by atoms with E-state index in [1.807, 2.05) is 20.8 Å². The molecule has 0 aromatic heterocycles. The largest absolute Gasteiger partial charge is 0.342 e. The lowest BCUT2D eigenvalue weighted by atomic mass is 10.3. The van der Waals surface area contributed by atoms with Crippen molar-refractivity contribution in [2.45, 2.75) is 33.6 Å². The highest BCUT2D eigenvalue weighted by molar-refractivity contribution is 7.92. The van der Waals surface area contributed by atoms with Crippen molar-refractivity contribution in [2.75, 3.05) is 37.7 Å². The molecule has 18 heavy (non-hydrogen) atoms. The highest BCUT2D eigenvalue weighted by atomic mass is 32.2. The van der Waals surface area contributed by atoms with Crippen molar-refractivity contribution >= 4 is 15.7 Å². The maximum atomic E-state index is 11.7. The van der Waals surface area contributed by atoms with Gasteiger partial charge in [0.1, 0.15) is 5.75 Å². The van der Waals surface area contributed by atoms with Crippen LogP contribution in [-0.4, -0.2) is 56.9 Å². The predicted molar refractivity (Wildman–Crippen MR) is 74.4 cm³/mol. The molecule has 0 saturated heterocycles. The second kappa shape index (κ2) is 9.33. The van der Waals surface area contributed by atoms with E-state index in [2.05, 4.69) is 5.32 Å². The summed E-state index contributed by atoms with van der Waals surface area (Å²) in [6.45, 7) is 8.56. The molecule has 0 aliphatic heterocycles. The van der Waals surface area contributed by atoms with Crippen molar-refractivity contribution in [2.24, 2.45) is 0 Å². The van der Waals surface area contributed by atoms with E-state index in [0.717, 1.165) is 19.5 Å². The van der Waals surface area contributed by atoms with E-state index in [1.165, 1.54) is 0 Å². The van der Waals surface area contributed by atoms with Crippen LogP contribution in [0, 0.1) is 0 Å². The quantitative estimate of drug-likeness (QED) is 0.596. The molecule has 0 saturated carbocycles. The van der Waals surface area contributed by atoms with Crippen LogP contribution in [-0.2, 0) is 14.6 Å². The average Bonchev–Trinajstić information content (AvgIpc) is 2.29. The molecule has 0 radical (unpaired) electrons. The van der Waals surface area contributed by atoms with Crippen LogP contribution in [0.4, 0.5) is 0 Å². The van der Waals surface area contributed by atoms with Crippen LogP contribution in [0.3, 0.4) is 0 Å². The van der Waals surface area contributed by atoms with Crippen molar-refractivity contribution in [1.29, 1.82) is 0 Å². The number of amides is 1. The molecule has 0 spiro atoms. The van der Waals surface area contributed by atoms with E-state index in [9.17, 15) is 13.2 Å². The molecular weight excluding hydrogens is 252 g/mol. The molecular formula is C12H26N2O3S. The van der Waals surface area contributed by atoms with E-state index >= 15 is 0 Å². The van der Waals surface area contributed by atoms with Gasteiger partial charge in [-0.15, -0.1) is 0 Å². The van der Waals surface area contributed by atoms with Crippen LogP contribution in [0.5, 0.6) is 0 Å². The molecule has 5 nitrogen and oxygen atoms in total. The zero-order valence-corrected chi connectivity index (χ0v) is 12.6. The number of sulfone groups is 1. The van der Waals surface area contributed by atoms with E-state index in [0.29, 0.717) is 19.5 Å². The Morgan fingerprint density at radius 3 is 2.22 bits per heavy atom. The molecule has 1 amide bonds. The first-order valence-corrected chi connectivity index (χ1v) is 8.47. The molecule has 0 unspecified atom stereocenters. The van der Waals surface area contributed by atoms with Gasteiger partial charge in [0.2, 0.25) is 5.91 Å². The maximum absolute atomic E-state index is 11.7. The number of carbonyl (C=O) groups is 1. The monoisotopic (exact) mass is 278 g/mol. The Labute approximate surface area is 111 Å². The summed E-state index contributed by atoms with van der Waals surface area (Å²) >= 11 is 0. The second-order valence-electron chi connectivity index (χ2n) is 4.22. The molecule has 0 bridgehead atoms. The van der Waals surface area contributed by atoms with Crippen molar-refractivity contribution in [3.63, 3.8) is 0 Å². The molecule has 0 rings (SSSR count). The Hall–Kier alpha value is -0.620. The summed E-state index contributed by atoms with van der Waals surface area (Å²) in [4.78, 5) is 13.2. The molecule has 0 heterocycles. The third-order valence-corrected chi connectivity index (χ3v) is 4.37. The van der Waals surface area contributed by atoms with Gasteiger partial charge in [-0.05, 0) is 39.8 Å². The number of nitrogens with one attached hydrogen (secondary N) is 1. The van der Waals surface area contributed by atoms with Crippen LogP contribution in [0.2, 0.25) is 0 Å². The third kappa shape index (κ3) is 7.66. The minimum Gasteiger partial charge on any atom is -0.342 e. The van der Waals surface area contributed by atoms with Gasteiger partial charge in [-0.3, -0.25) is 4.79 Å². The summed E-state index contributed by atoms with van der Waals surface area (Å²) in [6.07, 6.45) is 1.44. The number of rotatable bonds is 10. The zero-order chi connectivity index (χ0) is 14.0. The smallest absolute Gasteiger partial charge is 0.237 e. The van der Waals surface area contributed by atoms with E-state index < -0.39 is 9.84 Å². The Kier molecular flexibility index (Phi) is 9.01. The van der Waals surface area contributed by atoms with Gasteiger partial charge in [0, 0.05) is 13.1 Å². The molecule has 0 aromatic carbocycles.